The van der Waals surface area contributed by atoms with Gasteiger partial charge in [-0.15, -0.1) is 0 Å². The number of pyridine rings is 1. The average Bonchev–Trinajstić information content (AvgIpc) is 3.14. The number of hydrogen-bond acceptors (Lipinski definition) is 5. The Morgan fingerprint density at radius 3 is 2.58 bits per heavy atom. The standard InChI is InChI=1S/C25H22N4O4/c1-33-22-19(11-6-14-26-22)27-21(30)13-7-15-28-23-16-8-2-3-9-17(16)25(32)29(23)20-12-5-4-10-18(20)24(28)31/h2-6,8-12,14,23H,7,13,15H2,1H3,(H,27,30)/t23-/m1/s1. The predicted octanol–water partition coefficient (Wildman–Crippen LogP) is 3.62. The first-order valence-electron chi connectivity index (χ1n) is 10.7. The quantitative estimate of drug-likeness (QED) is 0.630. The number of hydrogen-bond donors (Lipinski definition) is 1. The summed E-state index contributed by atoms with van der Waals surface area (Å²) in [5.41, 5.74) is 2.99. The zero-order valence-corrected chi connectivity index (χ0v) is 18.0. The molecule has 0 saturated heterocycles. The molecule has 33 heavy (non-hydrogen) atoms. The first-order valence-corrected chi connectivity index (χ1v) is 10.7. The van der Waals surface area contributed by atoms with E-state index in [0.29, 0.717) is 41.3 Å². The van der Waals surface area contributed by atoms with E-state index in [0.717, 1.165) is 5.56 Å². The number of ether oxygens (including phenoxy) is 1. The molecule has 0 aliphatic carbocycles. The number of benzene rings is 2. The fourth-order valence-corrected chi connectivity index (χ4v) is 4.47. The zero-order valence-electron chi connectivity index (χ0n) is 18.0. The van der Waals surface area contributed by atoms with Gasteiger partial charge in [-0.1, -0.05) is 30.3 Å². The third-order valence-electron chi connectivity index (χ3n) is 5.92. The Balaban J connectivity index is 1.36. The molecule has 2 aromatic carbocycles. The lowest BCUT2D eigenvalue weighted by molar-refractivity contribution is -0.116. The summed E-state index contributed by atoms with van der Waals surface area (Å²) in [4.78, 5) is 46.5. The molecular formula is C25H22N4O4. The minimum absolute atomic E-state index is 0.123. The molecule has 3 aromatic rings. The summed E-state index contributed by atoms with van der Waals surface area (Å²) in [6.45, 7) is 0.327. The van der Waals surface area contributed by atoms with Gasteiger partial charge in [-0.25, -0.2) is 4.98 Å². The second kappa shape index (κ2) is 8.38. The third kappa shape index (κ3) is 3.49. The van der Waals surface area contributed by atoms with Crippen LogP contribution in [0, 0.1) is 0 Å². The smallest absolute Gasteiger partial charge is 0.260 e. The van der Waals surface area contributed by atoms with E-state index in [1.165, 1.54) is 7.11 Å². The maximum atomic E-state index is 13.4. The topological polar surface area (TPSA) is 91.8 Å². The Morgan fingerprint density at radius 2 is 1.76 bits per heavy atom. The molecule has 166 valence electrons. The Bertz CT molecular complexity index is 1260. The normalized spacial score (nSPS) is 16.2. The molecule has 0 saturated carbocycles. The number of nitrogens with zero attached hydrogens (tertiary/aromatic N) is 3. The van der Waals surface area contributed by atoms with E-state index in [1.807, 2.05) is 24.3 Å². The molecule has 8 nitrogen and oxygen atoms in total. The zero-order chi connectivity index (χ0) is 22.9. The van der Waals surface area contributed by atoms with Gasteiger partial charge in [0.1, 0.15) is 11.9 Å². The van der Waals surface area contributed by atoms with E-state index in [1.54, 1.807) is 52.4 Å². The minimum Gasteiger partial charge on any atom is -0.480 e. The summed E-state index contributed by atoms with van der Waals surface area (Å²) in [5, 5.41) is 2.80. The number of rotatable bonds is 6. The molecular weight excluding hydrogens is 420 g/mol. The molecule has 3 heterocycles. The summed E-state index contributed by atoms with van der Waals surface area (Å²) in [6.07, 6.45) is 1.70. The van der Waals surface area contributed by atoms with Crippen molar-refractivity contribution in [2.45, 2.75) is 19.0 Å². The molecule has 0 spiro atoms. The lowest BCUT2D eigenvalue weighted by Gasteiger charge is -2.41. The summed E-state index contributed by atoms with van der Waals surface area (Å²) < 4.78 is 5.17. The van der Waals surface area contributed by atoms with Crippen LogP contribution in [0.1, 0.15) is 45.3 Å². The van der Waals surface area contributed by atoms with Crippen LogP contribution in [-0.2, 0) is 4.79 Å². The number of carbonyl (C=O) groups is 3. The number of nitrogens with one attached hydrogen (secondary N) is 1. The molecule has 2 aliphatic heterocycles. The molecule has 5 rings (SSSR count). The highest BCUT2D eigenvalue weighted by Crippen LogP contribution is 2.45. The van der Waals surface area contributed by atoms with E-state index < -0.39 is 6.17 Å². The van der Waals surface area contributed by atoms with Crippen LogP contribution in [0.25, 0.3) is 0 Å². The van der Waals surface area contributed by atoms with Crippen molar-refractivity contribution in [2.75, 3.05) is 23.9 Å². The number of carbonyl (C=O) groups excluding carboxylic acids is 3. The number of amides is 3. The lowest BCUT2D eigenvalue weighted by atomic mass is 10.0. The summed E-state index contributed by atoms with van der Waals surface area (Å²) in [5.74, 6) is -0.135. The maximum Gasteiger partial charge on any atom is 0.260 e. The summed E-state index contributed by atoms with van der Waals surface area (Å²) >= 11 is 0. The van der Waals surface area contributed by atoms with Crippen molar-refractivity contribution in [3.05, 3.63) is 83.6 Å². The molecule has 0 unspecified atom stereocenters. The van der Waals surface area contributed by atoms with Gasteiger partial charge in [0.25, 0.3) is 11.8 Å². The van der Waals surface area contributed by atoms with Crippen molar-refractivity contribution in [2.24, 2.45) is 0 Å². The number of fused-ring (bicyclic) bond motifs is 5. The Hall–Kier alpha value is -4.20. The maximum absolute atomic E-state index is 13.4. The average molecular weight is 442 g/mol. The Morgan fingerprint density at radius 1 is 1.00 bits per heavy atom. The van der Waals surface area contributed by atoms with E-state index in [-0.39, 0.29) is 24.1 Å². The van der Waals surface area contributed by atoms with Gasteiger partial charge in [0.2, 0.25) is 11.8 Å². The van der Waals surface area contributed by atoms with Crippen molar-refractivity contribution < 1.29 is 19.1 Å². The van der Waals surface area contributed by atoms with Crippen molar-refractivity contribution in [3.8, 4) is 5.88 Å². The molecule has 0 fully saturated rings. The predicted molar refractivity (Wildman–Crippen MR) is 122 cm³/mol. The molecule has 1 N–H and O–H groups in total. The molecule has 1 aromatic heterocycles. The minimum atomic E-state index is -0.516. The van der Waals surface area contributed by atoms with Crippen LogP contribution >= 0.6 is 0 Å². The molecule has 8 heteroatoms. The molecule has 1 atom stereocenters. The highest BCUT2D eigenvalue weighted by molar-refractivity contribution is 6.16. The molecule has 0 radical (unpaired) electrons. The third-order valence-corrected chi connectivity index (χ3v) is 5.92. The largest absolute Gasteiger partial charge is 0.480 e. The number of anilines is 2. The van der Waals surface area contributed by atoms with Gasteiger partial charge in [0.15, 0.2) is 0 Å². The monoisotopic (exact) mass is 442 g/mol. The highest BCUT2D eigenvalue weighted by Gasteiger charge is 2.47. The van der Waals surface area contributed by atoms with Crippen molar-refractivity contribution >= 4 is 29.1 Å². The van der Waals surface area contributed by atoms with Crippen LogP contribution in [0.15, 0.2) is 66.9 Å². The molecule has 0 bridgehead atoms. The van der Waals surface area contributed by atoms with Gasteiger partial charge in [-0.3, -0.25) is 19.3 Å². The first-order chi connectivity index (χ1) is 16.1. The van der Waals surface area contributed by atoms with Crippen LogP contribution in [-0.4, -0.2) is 41.3 Å². The number of methoxy groups -OCH3 is 1. The fraction of sp³-hybridized carbons (Fsp3) is 0.200. The van der Waals surface area contributed by atoms with Crippen LogP contribution in [0.3, 0.4) is 0 Å². The fourth-order valence-electron chi connectivity index (χ4n) is 4.47. The van der Waals surface area contributed by atoms with E-state index in [9.17, 15) is 14.4 Å². The van der Waals surface area contributed by atoms with Crippen LogP contribution < -0.4 is 15.0 Å². The van der Waals surface area contributed by atoms with Crippen LogP contribution in [0.2, 0.25) is 0 Å². The second-order valence-electron chi connectivity index (χ2n) is 7.86. The van der Waals surface area contributed by atoms with Gasteiger partial charge in [-0.05, 0) is 36.8 Å². The van der Waals surface area contributed by atoms with Crippen LogP contribution in [0.4, 0.5) is 11.4 Å². The molecule has 2 aliphatic rings. The van der Waals surface area contributed by atoms with Crippen molar-refractivity contribution in [1.29, 1.82) is 0 Å². The SMILES string of the molecule is COc1ncccc1NC(=O)CCCN1C(=O)c2ccccc2N2C(=O)c3ccccc3[C@H]12. The van der Waals surface area contributed by atoms with Gasteiger partial charge in [0.05, 0.1) is 18.4 Å². The van der Waals surface area contributed by atoms with Crippen molar-refractivity contribution in [3.63, 3.8) is 0 Å². The lowest BCUT2D eigenvalue weighted by Crippen LogP contribution is -2.48. The molecule has 3 amide bonds. The summed E-state index contributed by atoms with van der Waals surface area (Å²) in [6, 6.07) is 17.9. The second-order valence-corrected chi connectivity index (χ2v) is 7.86. The van der Waals surface area contributed by atoms with Gasteiger partial charge >= 0.3 is 0 Å². The van der Waals surface area contributed by atoms with E-state index in [4.69, 9.17) is 4.74 Å². The van der Waals surface area contributed by atoms with Gasteiger partial charge < -0.3 is 15.0 Å². The Kier molecular flexibility index (Phi) is 5.26. The van der Waals surface area contributed by atoms with E-state index in [2.05, 4.69) is 10.3 Å². The Labute approximate surface area is 190 Å². The van der Waals surface area contributed by atoms with Gasteiger partial charge in [-0.2, -0.15) is 0 Å². The van der Waals surface area contributed by atoms with Gasteiger partial charge in [0, 0.05) is 30.3 Å². The first kappa shape index (κ1) is 20.7. The highest BCUT2D eigenvalue weighted by atomic mass is 16.5. The number of para-hydroxylation sites is 1. The summed E-state index contributed by atoms with van der Waals surface area (Å²) in [7, 11) is 1.49. The van der Waals surface area contributed by atoms with Crippen molar-refractivity contribution in [1.82, 2.24) is 9.88 Å². The number of aromatic nitrogens is 1. The van der Waals surface area contributed by atoms with Crippen LogP contribution in [0.5, 0.6) is 5.88 Å². The van der Waals surface area contributed by atoms with E-state index >= 15 is 0 Å².